The van der Waals surface area contributed by atoms with Crippen molar-refractivity contribution in [3.8, 4) is 6.07 Å². The molecule has 0 saturated carbocycles. The van der Waals surface area contributed by atoms with E-state index in [1.54, 1.807) is 18.3 Å². The fraction of sp³-hybridized carbons (Fsp3) is 0.143. The Bertz CT molecular complexity index is 555. The molecule has 17 heavy (non-hydrogen) atoms. The highest BCUT2D eigenvalue weighted by Crippen LogP contribution is 2.21. The second kappa shape index (κ2) is 5.13. The van der Waals surface area contributed by atoms with E-state index in [2.05, 4.69) is 29.4 Å². The van der Waals surface area contributed by atoms with Gasteiger partial charge in [-0.2, -0.15) is 5.26 Å². The number of rotatable bonds is 3. The van der Waals surface area contributed by atoms with E-state index in [-0.39, 0.29) is 0 Å². The van der Waals surface area contributed by atoms with Crippen LogP contribution in [0.1, 0.15) is 18.1 Å². The molecule has 1 aromatic carbocycles. The summed E-state index contributed by atoms with van der Waals surface area (Å²) in [6.07, 6.45) is 2.62. The van der Waals surface area contributed by atoms with Gasteiger partial charge in [0.1, 0.15) is 11.9 Å². The lowest BCUT2D eigenvalue weighted by Gasteiger charge is -2.10. The molecule has 0 aliphatic heterocycles. The first kappa shape index (κ1) is 11.2. The Kier molecular flexibility index (Phi) is 3.37. The Morgan fingerprint density at radius 2 is 2.06 bits per heavy atom. The van der Waals surface area contributed by atoms with Crippen LogP contribution in [0.4, 0.5) is 11.5 Å². The molecule has 2 aromatic rings. The van der Waals surface area contributed by atoms with Gasteiger partial charge in [0.2, 0.25) is 0 Å². The molecule has 0 atom stereocenters. The summed E-state index contributed by atoms with van der Waals surface area (Å²) >= 11 is 0. The lowest BCUT2D eigenvalue weighted by atomic mass is 10.1. The zero-order valence-corrected chi connectivity index (χ0v) is 9.64. The summed E-state index contributed by atoms with van der Waals surface area (Å²) in [5.74, 6) is 0.607. The van der Waals surface area contributed by atoms with Gasteiger partial charge in [-0.15, -0.1) is 0 Å². The molecular weight excluding hydrogens is 210 g/mol. The summed E-state index contributed by atoms with van der Waals surface area (Å²) in [6, 6.07) is 13.7. The normalized spacial score (nSPS) is 9.65. The number of pyridine rings is 1. The molecule has 0 fully saturated rings. The fourth-order valence-electron chi connectivity index (χ4n) is 1.67. The standard InChI is InChI=1S/C14H13N3/c1-2-11-6-3-4-8-13(11)17-14-12(10-15)7-5-9-16-14/h3-9H,2H2,1H3,(H,16,17). The molecule has 2 rings (SSSR count). The van der Waals surface area contributed by atoms with Gasteiger partial charge in [-0.3, -0.25) is 0 Å². The van der Waals surface area contributed by atoms with Crippen LogP contribution in [0.25, 0.3) is 0 Å². The predicted octanol–water partition coefficient (Wildman–Crippen LogP) is 3.26. The van der Waals surface area contributed by atoms with Crippen molar-refractivity contribution in [3.63, 3.8) is 0 Å². The van der Waals surface area contributed by atoms with Gasteiger partial charge in [0, 0.05) is 11.9 Å². The Labute approximate surface area is 101 Å². The van der Waals surface area contributed by atoms with Crippen LogP contribution in [0.5, 0.6) is 0 Å². The zero-order valence-electron chi connectivity index (χ0n) is 9.64. The minimum absolute atomic E-state index is 0.554. The van der Waals surface area contributed by atoms with Crippen molar-refractivity contribution >= 4 is 11.5 Å². The van der Waals surface area contributed by atoms with Crippen molar-refractivity contribution in [2.24, 2.45) is 0 Å². The van der Waals surface area contributed by atoms with E-state index in [1.165, 1.54) is 5.56 Å². The first-order chi connectivity index (χ1) is 8.35. The Hall–Kier alpha value is -2.34. The van der Waals surface area contributed by atoms with Gasteiger partial charge < -0.3 is 5.32 Å². The molecule has 1 N–H and O–H groups in total. The van der Waals surface area contributed by atoms with Crippen LogP contribution in [-0.2, 0) is 6.42 Å². The SMILES string of the molecule is CCc1ccccc1Nc1ncccc1C#N. The van der Waals surface area contributed by atoms with E-state index in [9.17, 15) is 0 Å². The van der Waals surface area contributed by atoms with Crippen molar-refractivity contribution in [1.82, 2.24) is 4.98 Å². The molecule has 0 saturated heterocycles. The van der Waals surface area contributed by atoms with E-state index < -0.39 is 0 Å². The maximum atomic E-state index is 8.99. The van der Waals surface area contributed by atoms with Gasteiger partial charge in [0.05, 0.1) is 5.56 Å². The molecular formula is C14H13N3. The second-order valence-electron chi connectivity index (χ2n) is 3.65. The maximum absolute atomic E-state index is 8.99. The average Bonchev–Trinajstić information content (AvgIpc) is 2.40. The van der Waals surface area contributed by atoms with E-state index in [0.29, 0.717) is 11.4 Å². The van der Waals surface area contributed by atoms with Crippen LogP contribution in [-0.4, -0.2) is 4.98 Å². The summed E-state index contributed by atoms with van der Waals surface area (Å²) < 4.78 is 0. The molecule has 3 nitrogen and oxygen atoms in total. The number of aryl methyl sites for hydroxylation is 1. The van der Waals surface area contributed by atoms with Crippen LogP contribution >= 0.6 is 0 Å². The molecule has 0 aliphatic carbocycles. The van der Waals surface area contributed by atoms with Gasteiger partial charge in [-0.25, -0.2) is 4.98 Å². The highest BCUT2D eigenvalue weighted by atomic mass is 15.0. The fourth-order valence-corrected chi connectivity index (χ4v) is 1.67. The summed E-state index contributed by atoms with van der Waals surface area (Å²) in [5.41, 5.74) is 2.77. The largest absolute Gasteiger partial charge is 0.339 e. The molecule has 0 bridgehead atoms. The molecule has 1 aromatic heterocycles. The van der Waals surface area contributed by atoms with E-state index in [0.717, 1.165) is 12.1 Å². The molecule has 84 valence electrons. The maximum Gasteiger partial charge on any atom is 0.148 e. The monoisotopic (exact) mass is 223 g/mol. The smallest absolute Gasteiger partial charge is 0.148 e. The topological polar surface area (TPSA) is 48.7 Å². The Balaban J connectivity index is 2.35. The highest BCUT2D eigenvalue weighted by Gasteiger charge is 2.04. The number of nitrogens with one attached hydrogen (secondary N) is 1. The molecule has 0 spiro atoms. The highest BCUT2D eigenvalue weighted by molar-refractivity contribution is 5.65. The molecule has 0 aliphatic rings. The van der Waals surface area contributed by atoms with Crippen LogP contribution in [0.15, 0.2) is 42.6 Å². The minimum Gasteiger partial charge on any atom is -0.339 e. The number of aromatic nitrogens is 1. The number of hydrogen-bond acceptors (Lipinski definition) is 3. The zero-order chi connectivity index (χ0) is 12.1. The van der Waals surface area contributed by atoms with Crippen LogP contribution in [0.3, 0.4) is 0 Å². The third-order valence-corrected chi connectivity index (χ3v) is 2.58. The lowest BCUT2D eigenvalue weighted by Crippen LogP contribution is -1.99. The number of para-hydroxylation sites is 1. The van der Waals surface area contributed by atoms with Gasteiger partial charge in [0.25, 0.3) is 0 Å². The number of nitriles is 1. The van der Waals surface area contributed by atoms with Crippen molar-refractivity contribution in [2.45, 2.75) is 13.3 Å². The molecule has 0 unspecified atom stereocenters. The Morgan fingerprint density at radius 1 is 1.24 bits per heavy atom. The number of anilines is 2. The quantitative estimate of drug-likeness (QED) is 0.868. The Morgan fingerprint density at radius 3 is 2.82 bits per heavy atom. The second-order valence-corrected chi connectivity index (χ2v) is 3.65. The van der Waals surface area contributed by atoms with E-state index in [4.69, 9.17) is 5.26 Å². The van der Waals surface area contributed by atoms with Gasteiger partial charge in [-0.1, -0.05) is 25.1 Å². The summed E-state index contributed by atoms with van der Waals surface area (Å²) in [5, 5.41) is 12.2. The molecule has 3 heteroatoms. The number of nitrogens with zero attached hydrogens (tertiary/aromatic N) is 2. The van der Waals surface area contributed by atoms with Crippen molar-refractivity contribution in [3.05, 3.63) is 53.7 Å². The lowest BCUT2D eigenvalue weighted by molar-refractivity contribution is 1.14. The minimum atomic E-state index is 0.554. The summed E-state index contributed by atoms with van der Waals surface area (Å²) in [6.45, 7) is 2.10. The van der Waals surface area contributed by atoms with Crippen molar-refractivity contribution in [2.75, 3.05) is 5.32 Å². The predicted molar refractivity (Wildman–Crippen MR) is 68.1 cm³/mol. The van der Waals surface area contributed by atoms with Gasteiger partial charge >= 0.3 is 0 Å². The summed E-state index contributed by atoms with van der Waals surface area (Å²) in [7, 11) is 0. The van der Waals surface area contributed by atoms with E-state index in [1.807, 2.05) is 18.2 Å². The number of hydrogen-bond donors (Lipinski definition) is 1. The first-order valence-corrected chi connectivity index (χ1v) is 5.55. The van der Waals surface area contributed by atoms with Gasteiger partial charge in [0.15, 0.2) is 0 Å². The van der Waals surface area contributed by atoms with Crippen LogP contribution in [0.2, 0.25) is 0 Å². The third kappa shape index (κ3) is 2.43. The third-order valence-electron chi connectivity index (χ3n) is 2.58. The van der Waals surface area contributed by atoms with Crippen LogP contribution < -0.4 is 5.32 Å². The van der Waals surface area contributed by atoms with E-state index >= 15 is 0 Å². The van der Waals surface area contributed by atoms with Gasteiger partial charge in [-0.05, 0) is 30.2 Å². The molecule has 1 heterocycles. The molecule has 0 amide bonds. The van der Waals surface area contributed by atoms with Crippen molar-refractivity contribution in [1.29, 1.82) is 5.26 Å². The number of benzene rings is 1. The average molecular weight is 223 g/mol. The first-order valence-electron chi connectivity index (χ1n) is 5.55. The van der Waals surface area contributed by atoms with Crippen LogP contribution in [0, 0.1) is 11.3 Å². The summed E-state index contributed by atoms with van der Waals surface area (Å²) in [4.78, 5) is 4.19. The molecule has 0 radical (unpaired) electrons. The van der Waals surface area contributed by atoms with Crippen molar-refractivity contribution < 1.29 is 0 Å².